The number of amides is 1. The van der Waals surface area contributed by atoms with E-state index in [1.54, 1.807) is 19.2 Å². The number of aromatic hydroxyl groups is 2. The highest BCUT2D eigenvalue weighted by molar-refractivity contribution is 6.31. The maximum Gasteiger partial charge on any atom is 0.223 e. The van der Waals surface area contributed by atoms with Crippen LogP contribution in [0.4, 0.5) is 0 Å². The van der Waals surface area contributed by atoms with E-state index >= 15 is 0 Å². The van der Waals surface area contributed by atoms with Crippen molar-refractivity contribution in [3.8, 4) is 17.2 Å². The average molecular weight is 682 g/mol. The van der Waals surface area contributed by atoms with Gasteiger partial charge in [0.1, 0.15) is 17.2 Å². The number of fused-ring (bicyclic) bond motifs is 3. The lowest BCUT2D eigenvalue weighted by atomic mass is 9.75. The lowest BCUT2D eigenvalue weighted by Gasteiger charge is -2.43. The number of aliphatic hydroxyl groups is 1. The SMILES string of the molecule is COC1CN(C2CCOC(C)C2O)CCO1.COc1cccc2c1C(=O)c1c(O)c3c(c(O)c1C2=O)CC(C(=O)NC1CCC(N)C1)CC3. The highest BCUT2D eigenvalue weighted by atomic mass is 16.7. The summed E-state index contributed by atoms with van der Waals surface area (Å²) in [6.07, 6.45) is 3.63. The van der Waals surface area contributed by atoms with Gasteiger partial charge in [0.15, 0.2) is 12.1 Å². The van der Waals surface area contributed by atoms with Crippen LogP contribution in [0.1, 0.15) is 82.0 Å². The van der Waals surface area contributed by atoms with Gasteiger partial charge in [0.05, 0.1) is 42.6 Å². The molecule has 3 fully saturated rings. The average Bonchev–Trinajstić information content (AvgIpc) is 3.53. The quantitative estimate of drug-likeness (QED) is 0.246. The fourth-order valence-corrected chi connectivity index (χ4v) is 7.93. The number of benzene rings is 2. The predicted octanol–water partition coefficient (Wildman–Crippen LogP) is 1.81. The molecule has 3 aliphatic carbocycles. The molecular formula is C36H47N3O10. The van der Waals surface area contributed by atoms with Crippen molar-refractivity contribution < 1.29 is 48.7 Å². The first kappa shape index (κ1) is 35.2. The van der Waals surface area contributed by atoms with Crippen LogP contribution in [0.3, 0.4) is 0 Å². The van der Waals surface area contributed by atoms with Crippen LogP contribution in [-0.4, -0.2) is 115 Å². The Morgan fingerprint density at radius 3 is 2.45 bits per heavy atom. The number of nitrogens with one attached hydrogen (secondary N) is 1. The first-order valence-corrected chi connectivity index (χ1v) is 17.1. The molecule has 0 radical (unpaired) electrons. The molecule has 0 spiro atoms. The monoisotopic (exact) mass is 681 g/mol. The number of phenolic OH excluding ortho intramolecular Hbond substituents is 2. The van der Waals surface area contributed by atoms with Crippen molar-refractivity contribution in [3.63, 3.8) is 0 Å². The molecule has 13 nitrogen and oxygen atoms in total. The van der Waals surface area contributed by atoms with E-state index in [0.29, 0.717) is 30.6 Å². The third-order valence-corrected chi connectivity index (χ3v) is 10.7. The Bertz CT molecular complexity index is 1600. The largest absolute Gasteiger partial charge is 0.507 e. The van der Waals surface area contributed by atoms with E-state index in [-0.39, 0.29) is 82.3 Å². The number of hydrogen-bond acceptors (Lipinski definition) is 12. The van der Waals surface area contributed by atoms with Gasteiger partial charge in [-0.25, -0.2) is 0 Å². The molecule has 7 unspecified atom stereocenters. The molecule has 2 aromatic rings. The fraction of sp³-hybridized carbons (Fsp3) is 0.583. The minimum atomic E-state index is -0.565. The molecule has 13 heteroatoms. The molecule has 7 rings (SSSR count). The maximum atomic E-state index is 13.3. The van der Waals surface area contributed by atoms with E-state index in [9.17, 15) is 29.7 Å². The molecule has 0 aromatic heterocycles. The van der Waals surface area contributed by atoms with Crippen LogP contribution in [0.5, 0.6) is 17.2 Å². The van der Waals surface area contributed by atoms with E-state index in [0.717, 1.165) is 45.4 Å². The lowest BCUT2D eigenvalue weighted by molar-refractivity contribution is -0.190. The summed E-state index contributed by atoms with van der Waals surface area (Å²) in [6.45, 7) is 4.89. The normalized spacial score (nSPS) is 29.6. The summed E-state index contributed by atoms with van der Waals surface area (Å²) < 4.78 is 21.3. The summed E-state index contributed by atoms with van der Waals surface area (Å²) in [7, 11) is 3.05. The van der Waals surface area contributed by atoms with Gasteiger partial charge in [0, 0.05) is 67.5 Å². The number of ether oxygens (including phenoxy) is 4. The van der Waals surface area contributed by atoms with Crippen molar-refractivity contribution in [2.75, 3.05) is 40.5 Å². The van der Waals surface area contributed by atoms with Gasteiger partial charge in [-0.3, -0.25) is 19.3 Å². The van der Waals surface area contributed by atoms with E-state index in [1.165, 1.54) is 13.2 Å². The standard InChI is InChI=1S/C25H26N2O6.C11H21NO4/c1-33-17-4-2-3-15-18(17)24(31)20-19(22(15)29)23(30)16-9-11(5-8-14(16)21(20)28)25(32)27-13-7-6-12(26)10-13;1-8-11(13)9(3-5-15-8)12-4-6-16-10(7-12)14-2/h2-4,11-13,28,30H,5-10,26H2,1H3,(H,27,32);8-11,13H,3-7H2,1-2H3. The number of carbonyl (C=O) groups excluding carboxylic acids is 3. The van der Waals surface area contributed by atoms with Gasteiger partial charge in [-0.1, -0.05) is 12.1 Å². The highest BCUT2D eigenvalue weighted by Gasteiger charge is 2.41. The summed E-state index contributed by atoms with van der Waals surface area (Å²) in [4.78, 5) is 41.7. The number of ketones is 2. The van der Waals surface area contributed by atoms with Crippen molar-refractivity contribution in [2.24, 2.45) is 11.7 Å². The van der Waals surface area contributed by atoms with Crippen LogP contribution in [0.25, 0.3) is 0 Å². The Kier molecular flexibility index (Phi) is 10.6. The summed E-state index contributed by atoms with van der Waals surface area (Å²) in [6, 6.07) is 4.98. The first-order valence-electron chi connectivity index (χ1n) is 17.1. The number of aliphatic hydroxyl groups excluding tert-OH is 1. The maximum absolute atomic E-state index is 13.3. The summed E-state index contributed by atoms with van der Waals surface area (Å²) in [5, 5.41) is 35.3. The zero-order valence-electron chi connectivity index (χ0n) is 28.3. The number of nitrogens with two attached hydrogens (primary N) is 1. The van der Waals surface area contributed by atoms with Gasteiger partial charge in [-0.15, -0.1) is 0 Å². The number of morpholine rings is 1. The minimum absolute atomic E-state index is 0.0464. The fourth-order valence-electron chi connectivity index (χ4n) is 7.93. The van der Waals surface area contributed by atoms with Gasteiger partial charge in [0.25, 0.3) is 0 Å². The van der Waals surface area contributed by atoms with Crippen molar-refractivity contribution >= 4 is 17.5 Å². The molecule has 49 heavy (non-hydrogen) atoms. The van der Waals surface area contributed by atoms with Crippen LogP contribution >= 0.6 is 0 Å². The van der Waals surface area contributed by atoms with Crippen LogP contribution in [0.2, 0.25) is 0 Å². The third-order valence-electron chi connectivity index (χ3n) is 10.7. The predicted molar refractivity (Wildman–Crippen MR) is 177 cm³/mol. The van der Waals surface area contributed by atoms with Crippen LogP contribution in [-0.2, 0) is 31.8 Å². The molecule has 7 atom stereocenters. The second kappa shape index (κ2) is 14.7. The Balaban J connectivity index is 0.000000218. The number of rotatable bonds is 5. The minimum Gasteiger partial charge on any atom is -0.507 e. The topological polar surface area (TPSA) is 190 Å². The molecule has 2 heterocycles. The van der Waals surface area contributed by atoms with E-state index in [4.69, 9.17) is 24.7 Å². The second-order valence-electron chi connectivity index (χ2n) is 13.6. The lowest BCUT2D eigenvalue weighted by Crippen LogP contribution is -2.57. The highest BCUT2D eigenvalue weighted by Crippen LogP contribution is 2.47. The second-order valence-corrected chi connectivity index (χ2v) is 13.6. The van der Waals surface area contributed by atoms with Crippen molar-refractivity contribution in [3.05, 3.63) is 51.6 Å². The number of methoxy groups -OCH3 is 2. The van der Waals surface area contributed by atoms with Crippen molar-refractivity contribution in [1.29, 1.82) is 0 Å². The molecule has 6 N–H and O–H groups in total. The molecular weight excluding hydrogens is 634 g/mol. The van der Waals surface area contributed by atoms with Crippen LogP contribution in [0.15, 0.2) is 18.2 Å². The molecule has 2 aliphatic heterocycles. The van der Waals surface area contributed by atoms with E-state index in [1.807, 2.05) is 6.92 Å². The van der Waals surface area contributed by atoms with Crippen LogP contribution < -0.4 is 15.8 Å². The van der Waals surface area contributed by atoms with Gasteiger partial charge in [-0.2, -0.15) is 0 Å². The van der Waals surface area contributed by atoms with Gasteiger partial charge in [-0.05, 0) is 57.9 Å². The van der Waals surface area contributed by atoms with Crippen molar-refractivity contribution in [2.45, 2.75) is 88.5 Å². The van der Waals surface area contributed by atoms with Gasteiger partial charge in [0.2, 0.25) is 11.7 Å². The molecule has 1 saturated carbocycles. The summed E-state index contributed by atoms with van der Waals surface area (Å²) >= 11 is 0. The number of phenols is 2. The summed E-state index contributed by atoms with van der Waals surface area (Å²) in [5.41, 5.74) is 6.50. The molecule has 266 valence electrons. The molecule has 5 aliphatic rings. The third kappa shape index (κ3) is 6.80. The Labute approximate surface area is 285 Å². The van der Waals surface area contributed by atoms with Crippen molar-refractivity contribution in [1.82, 2.24) is 10.2 Å². The first-order chi connectivity index (χ1) is 23.5. The zero-order valence-corrected chi connectivity index (χ0v) is 28.3. The summed E-state index contributed by atoms with van der Waals surface area (Å²) in [5.74, 6) is -2.03. The zero-order chi connectivity index (χ0) is 35.0. The van der Waals surface area contributed by atoms with Gasteiger partial charge < -0.3 is 45.3 Å². The molecule has 1 amide bonds. The van der Waals surface area contributed by atoms with Gasteiger partial charge >= 0.3 is 0 Å². The Morgan fingerprint density at radius 2 is 1.73 bits per heavy atom. The molecule has 2 aromatic carbocycles. The van der Waals surface area contributed by atoms with E-state index < -0.39 is 23.6 Å². The molecule has 0 bridgehead atoms. The number of hydrogen-bond donors (Lipinski definition) is 5. The molecule has 2 saturated heterocycles. The van der Waals surface area contributed by atoms with E-state index in [2.05, 4.69) is 10.2 Å². The Hall–Kier alpha value is -3.59. The van der Waals surface area contributed by atoms with Crippen LogP contribution in [0, 0.1) is 5.92 Å². The smallest absolute Gasteiger partial charge is 0.223 e. The Morgan fingerprint density at radius 1 is 0.980 bits per heavy atom. The number of nitrogens with zero attached hydrogens (tertiary/aromatic N) is 1. The number of carbonyl (C=O) groups is 3.